The van der Waals surface area contributed by atoms with Crippen molar-refractivity contribution in [1.82, 2.24) is 0 Å². The summed E-state index contributed by atoms with van der Waals surface area (Å²) in [7, 11) is 0. The van der Waals surface area contributed by atoms with Crippen LogP contribution in [0, 0.1) is 11.8 Å². The number of aliphatic hydroxyl groups excluding tert-OH is 1. The summed E-state index contributed by atoms with van der Waals surface area (Å²) in [4.78, 5) is 37.5. The number of phenolic OH excluding ortho intramolecular Hbond substituents is 1. The summed E-state index contributed by atoms with van der Waals surface area (Å²) < 4.78 is 11.3. The molecule has 1 heterocycles. The topological polar surface area (TPSA) is 110 Å². The fourth-order valence-electron chi connectivity index (χ4n) is 4.63. The number of aliphatic hydroxyl groups is 1. The van der Waals surface area contributed by atoms with Crippen LogP contribution in [0.1, 0.15) is 18.9 Å². The SMILES string of the molecule is C=C1C(=O)O[C@@H]2[C@@H]3C(CO)=CC(=O)C3=C(C)C[C@@H](OC(=O)Cc3ccc(O)cc3)[C@H]12. The molecule has 156 valence electrons. The lowest BCUT2D eigenvalue weighted by molar-refractivity contribution is -0.152. The molecule has 2 aliphatic carbocycles. The van der Waals surface area contributed by atoms with Gasteiger partial charge in [0.2, 0.25) is 0 Å². The Bertz CT molecular complexity index is 999. The molecule has 0 amide bonds. The largest absolute Gasteiger partial charge is 0.508 e. The number of rotatable bonds is 4. The van der Waals surface area contributed by atoms with Gasteiger partial charge in [0.15, 0.2) is 5.78 Å². The molecule has 1 saturated heterocycles. The van der Waals surface area contributed by atoms with Gasteiger partial charge in [-0.15, -0.1) is 0 Å². The number of carbonyl (C=O) groups is 3. The lowest BCUT2D eigenvalue weighted by Gasteiger charge is -2.28. The van der Waals surface area contributed by atoms with Gasteiger partial charge in [0.1, 0.15) is 18.0 Å². The molecule has 30 heavy (non-hydrogen) atoms. The Hall–Kier alpha value is -3.19. The van der Waals surface area contributed by atoms with Gasteiger partial charge in [-0.3, -0.25) is 9.59 Å². The summed E-state index contributed by atoms with van der Waals surface area (Å²) in [6.45, 7) is 5.31. The molecule has 0 radical (unpaired) electrons. The molecule has 0 bridgehead atoms. The number of phenols is 1. The van der Waals surface area contributed by atoms with Crippen LogP contribution in [0.4, 0.5) is 0 Å². The maximum atomic E-state index is 12.6. The van der Waals surface area contributed by atoms with Crippen molar-refractivity contribution in [3.05, 3.63) is 64.8 Å². The van der Waals surface area contributed by atoms with Gasteiger partial charge in [-0.2, -0.15) is 0 Å². The molecule has 0 aromatic heterocycles. The quantitative estimate of drug-likeness (QED) is 0.575. The third-order valence-corrected chi connectivity index (χ3v) is 6.00. The molecule has 7 nitrogen and oxygen atoms in total. The van der Waals surface area contributed by atoms with Crippen LogP contribution in [0.25, 0.3) is 0 Å². The van der Waals surface area contributed by atoms with Crippen molar-refractivity contribution in [2.45, 2.75) is 32.0 Å². The summed E-state index contributed by atoms with van der Waals surface area (Å²) >= 11 is 0. The second-order valence-corrected chi connectivity index (χ2v) is 7.91. The third-order valence-electron chi connectivity index (χ3n) is 6.00. The number of allylic oxidation sites excluding steroid dienone is 1. The van der Waals surface area contributed by atoms with Crippen molar-refractivity contribution in [3.63, 3.8) is 0 Å². The molecule has 0 unspecified atom stereocenters. The maximum absolute atomic E-state index is 12.6. The van der Waals surface area contributed by atoms with Gasteiger partial charge in [-0.05, 0) is 36.3 Å². The van der Waals surface area contributed by atoms with E-state index in [1.165, 1.54) is 18.2 Å². The molecule has 0 saturated carbocycles. The van der Waals surface area contributed by atoms with Crippen LogP contribution in [-0.4, -0.2) is 46.7 Å². The number of hydrogen-bond donors (Lipinski definition) is 2. The summed E-state index contributed by atoms with van der Waals surface area (Å²) in [6, 6.07) is 6.23. The zero-order chi connectivity index (χ0) is 21.6. The minimum absolute atomic E-state index is 0.00474. The molecule has 3 aliphatic rings. The average molecular weight is 410 g/mol. The summed E-state index contributed by atoms with van der Waals surface area (Å²) in [6.07, 6.45) is 0.183. The second-order valence-electron chi connectivity index (χ2n) is 7.91. The molecular formula is C23H22O7. The molecule has 4 atom stereocenters. The van der Waals surface area contributed by atoms with E-state index in [-0.39, 0.29) is 36.6 Å². The smallest absolute Gasteiger partial charge is 0.334 e. The second kappa shape index (κ2) is 7.57. The van der Waals surface area contributed by atoms with E-state index >= 15 is 0 Å². The van der Waals surface area contributed by atoms with E-state index in [4.69, 9.17) is 9.47 Å². The molecule has 7 heteroatoms. The van der Waals surface area contributed by atoms with Gasteiger partial charge in [0.05, 0.1) is 18.9 Å². The van der Waals surface area contributed by atoms with Gasteiger partial charge in [-0.25, -0.2) is 4.79 Å². The predicted molar refractivity (Wildman–Crippen MR) is 105 cm³/mol. The zero-order valence-corrected chi connectivity index (χ0v) is 16.5. The van der Waals surface area contributed by atoms with Crippen molar-refractivity contribution >= 4 is 17.7 Å². The maximum Gasteiger partial charge on any atom is 0.334 e. The Morgan fingerprint density at radius 1 is 1.27 bits per heavy atom. The number of carbonyl (C=O) groups excluding carboxylic acids is 3. The number of benzene rings is 1. The van der Waals surface area contributed by atoms with Crippen LogP contribution < -0.4 is 0 Å². The van der Waals surface area contributed by atoms with Crippen LogP contribution in [0.2, 0.25) is 0 Å². The van der Waals surface area contributed by atoms with Crippen molar-refractivity contribution < 1.29 is 34.1 Å². The normalized spacial score (nSPS) is 27.9. The highest BCUT2D eigenvalue weighted by Gasteiger charge is 2.54. The van der Waals surface area contributed by atoms with E-state index in [1.54, 1.807) is 19.1 Å². The van der Waals surface area contributed by atoms with Crippen LogP contribution in [-0.2, 0) is 30.3 Å². The first-order chi connectivity index (χ1) is 14.3. The van der Waals surface area contributed by atoms with Crippen LogP contribution in [0.3, 0.4) is 0 Å². The Balaban J connectivity index is 1.63. The number of hydrogen-bond acceptors (Lipinski definition) is 7. The number of ketones is 1. The lowest BCUT2D eigenvalue weighted by atomic mass is 9.82. The van der Waals surface area contributed by atoms with E-state index in [0.717, 1.165) is 5.57 Å². The first-order valence-corrected chi connectivity index (χ1v) is 9.72. The predicted octanol–water partition coefficient (Wildman–Crippen LogP) is 1.78. The van der Waals surface area contributed by atoms with Gasteiger partial charge in [-0.1, -0.05) is 24.3 Å². The standard InChI is InChI=1S/C23H22O7/c1-11-7-17(29-18(27)8-13-3-5-15(25)6-4-13)20-12(2)23(28)30-22(20)21-14(10-24)9-16(26)19(11)21/h3-6,9,17,20-22,24-25H,2,7-8,10H2,1H3/t17-,20+,21-,22+/m1/s1. The Morgan fingerprint density at radius 2 is 1.97 bits per heavy atom. The van der Waals surface area contributed by atoms with Crippen LogP contribution in [0.15, 0.2) is 59.2 Å². The molecule has 1 aromatic rings. The monoisotopic (exact) mass is 410 g/mol. The Morgan fingerprint density at radius 3 is 2.63 bits per heavy atom. The Labute approximate surface area is 173 Å². The highest BCUT2D eigenvalue weighted by atomic mass is 16.6. The van der Waals surface area contributed by atoms with Crippen molar-refractivity contribution in [2.75, 3.05) is 6.61 Å². The summed E-state index contributed by atoms with van der Waals surface area (Å²) in [5, 5.41) is 19.1. The van der Waals surface area contributed by atoms with Gasteiger partial charge in [0.25, 0.3) is 0 Å². The number of ether oxygens (including phenoxy) is 2. The molecule has 4 rings (SSSR count). The fourth-order valence-corrected chi connectivity index (χ4v) is 4.63. The number of aromatic hydroxyl groups is 1. The highest BCUT2D eigenvalue weighted by Crippen LogP contribution is 2.48. The minimum atomic E-state index is -0.756. The van der Waals surface area contributed by atoms with Gasteiger partial charge < -0.3 is 19.7 Å². The molecule has 1 fully saturated rings. The molecule has 1 aliphatic heterocycles. The molecule has 1 aromatic carbocycles. The zero-order valence-electron chi connectivity index (χ0n) is 16.5. The minimum Gasteiger partial charge on any atom is -0.508 e. The first kappa shape index (κ1) is 20.1. The summed E-state index contributed by atoms with van der Waals surface area (Å²) in [5.74, 6) is -2.37. The van der Waals surface area contributed by atoms with E-state index in [1.807, 2.05) is 0 Å². The van der Waals surface area contributed by atoms with Gasteiger partial charge >= 0.3 is 11.9 Å². The van der Waals surface area contributed by atoms with Crippen LogP contribution >= 0.6 is 0 Å². The van der Waals surface area contributed by atoms with Gasteiger partial charge in [0, 0.05) is 23.5 Å². The van der Waals surface area contributed by atoms with Crippen LogP contribution in [0.5, 0.6) is 5.75 Å². The highest BCUT2D eigenvalue weighted by molar-refractivity contribution is 6.09. The average Bonchev–Trinajstić information content (AvgIpc) is 3.15. The molecule has 2 N–H and O–H groups in total. The van der Waals surface area contributed by atoms with E-state index in [2.05, 4.69) is 6.58 Å². The first-order valence-electron chi connectivity index (χ1n) is 9.72. The van der Waals surface area contributed by atoms with E-state index in [9.17, 15) is 24.6 Å². The number of esters is 2. The third kappa shape index (κ3) is 3.35. The van der Waals surface area contributed by atoms with E-state index < -0.39 is 36.0 Å². The van der Waals surface area contributed by atoms with E-state index in [0.29, 0.717) is 16.7 Å². The molecular weight excluding hydrogens is 388 g/mol. The molecule has 0 spiro atoms. The summed E-state index contributed by atoms with van der Waals surface area (Å²) in [5.41, 5.74) is 2.60. The number of fused-ring (bicyclic) bond motifs is 3. The van der Waals surface area contributed by atoms with Crippen molar-refractivity contribution in [1.29, 1.82) is 0 Å². The van der Waals surface area contributed by atoms with Crippen molar-refractivity contribution in [3.8, 4) is 5.75 Å². The Kier molecular flexibility index (Phi) is 5.07. The van der Waals surface area contributed by atoms with Crippen molar-refractivity contribution in [2.24, 2.45) is 11.8 Å². The lowest BCUT2D eigenvalue weighted by Crippen LogP contribution is -2.36. The fraction of sp³-hybridized carbons (Fsp3) is 0.348.